The summed E-state index contributed by atoms with van der Waals surface area (Å²) in [6.45, 7) is 4.11. The summed E-state index contributed by atoms with van der Waals surface area (Å²) in [6.07, 6.45) is 8.32. The van der Waals surface area contributed by atoms with Gasteiger partial charge in [0.1, 0.15) is 6.34 Å². The lowest BCUT2D eigenvalue weighted by atomic mass is 10.1. The molecule has 2 nitrogen and oxygen atoms in total. The van der Waals surface area contributed by atoms with Crippen molar-refractivity contribution < 1.29 is 0 Å². The van der Waals surface area contributed by atoms with Gasteiger partial charge in [-0.05, 0) is 25.8 Å². The Bertz CT molecular complexity index is 157. The van der Waals surface area contributed by atoms with Crippen LogP contribution in [-0.4, -0.2) is 12.1 Å². The van der Waals surface area contributed by atoms with E-state index in [-0.39, 0.29) is 0 Å². The molecule has 0 rings (SSSR count). The summed E-state index contributed by atoms with van der Waals surface area (Å²) in [4.78, 5) is 3.92. The Balaban J connectivity index is 3.89. The number of rotatable bonds is 5. The van der Waals surface area contributed by atoms with Gasteiger partial charge in [-0.15, -0.1) is 0 Å². The lowest BCUT2D eigenvalue weighted by Gasteiger charge is -1.95. The quantitative estimate of drug-likeness (QED) is 0.464. The van der Waals surface area contributed by atoms with Gasteiger partial charge in [-0.25, -0.2) is 4.99 Å². The highest BCUT2D eigenvalue weighted by Crippen LogP contribution is 1.98. The number of hydrogen-bond acceptors (Lipinski definition) is 1. The maximum atomic E-state index is 6.80. The molecule has 0 fully saturated rings. The second-order valence-corrected chi connectivity index (χ2v) is 2.35. The van der Waals surface area contributed by atoms with Crippen LogP contribution in [0.1, 0.15) is 33.1 Å². The van der Waals surface area contributed by atoms with E-state index in [4.69, 9.17) is 5.41 Å². The Morgan fingerprint density at radius 2 is 2.27 bits per heavy atom. The van der Waals surface area contributed by atoms with Crippen LogP contribution in [0.2, 0.25) is 0 Å². The number of nitrogens with one attached hydrogen (secondary N) is 1. The topological polar surface area (TPSA) is 36.2 Å². The van der Waals surface area contributed by atoms with E-state index in [1.165, 1.54) is 6.42 Å². The number of hydrogen-bond donors (Lipinski definition) is 1. The summed E-state index contributed by atoms with van der Waals surface area (Å²) in [5.41, 5.74) is 1.00. The number of nitrogens with zero attached hydrogens (tertiary/aromatic N) is 1. The van der Waals surface area contributed by atoms with Gasteiger partial charge in [0.05, 0.1) is 0 Å². The molecule has 0 unspecified atom stereocenters. The van der Waals surface area contributed by atoms with Crippen molar-refractivity contribution in [3.63, 3.8) is 0 Å². The minimum absolute atomic E-state index is 0.982. The maximum absolute atomic E-state index is 6.80. The van der Waals surface area contributed by atoms with Crippen LogP contribution in [0.25, 0.3) is 0 Å². The van der Waals surface area contributed by atoms with Crippen LogP contribution in [-0.2, 0) is 0 Å². The van der Waals surface area contributed by atoms with E-state index in [1.54, 1.807) is 0 Å². The molecule has 0 saturated carbocycles. The molecule has 0 aliphatic rings. The molecule has 0 bridgehead atoms. The molecule has 11 heavy (non-hydrogen) atoms. The first kappa shape index (κ1) is 10.1. The number of unbranched alkanes of at least 4 members (excludes halogenated alkanes) is 1. The molecular weight excluding hydrogens is 136 g/mol. The van der Waals surface area contributed by atoms with Gasteiger partial charge >= 0.3 is 0 Å². The van der Waals surface area contributed by atoms with E-state index in [1.807, 2.05) is 19.1 Å². The van der Waals surface area contributed by atoms with Crippen LogP contribution >= 0.6 is 0 Å². The first-order valence-electron chi connectivity index (χ1n) is 4.03. The molecule has 0 spiro atoms. The van der Waals surface area contributed by atoms with E-state index in [0.29, 0.717) is 0 Å². The van der Waals surface area contributed by atoms with Crippen molar-refractivity contribution in [1.29, 1.82) is 5.41 Å². The molecule has 0 aromatic heterocycles. The van der Waals surface area contributed by atoms with Crippen molar-refractivity contribution in [2.24, 2.45) is 4.99 Å². The highest BCUT2D eigenvalue weighted by molar-refractivity contribution is 5.98. The van der Waals surface area contributed by atoms with Crippen molar-refractivity contribution in [1.82, 2.24) is 0 Å². The smallest absolute Gasteiger partial charge is 0.107 e. The summed E-state index contributed by atoms with van der Waals surface area (Å²) >= 11 is 0. The maximum Gasteiger partial charge on any atom is 0.107 e. The first-order valence-corrected chi connectivity index (χ1v) is 4.03. The van der Waals surface area contributed by atoms with Crippen LogP contribution in [0.5, 0.6) is 0 Å². The fourth-order valence-corrected chi connectivity index (χ4v) is 0.824. The first-order chi connectivity index (χ1) is 5.35. The zero-order chi connectivity index (χ0) is 8.53. The van der Waals surface area contributed by atoms with E-state index < -0.39 is 0 Å². The molecule has 0 aliphatic carbocycles. The molecule has 0 aromatic rings. The Morgan fingerprint density at radius 1 is 1.55 bits per heavy atom. The summed E-state index contributed by atoms with van der Waals surface area (Å²) in [5.74, 6) is 0. The second kappa shape index (κ2) is 7.19. The second-order valence-electron chi connectivity index (χ2n) is 2.35. The zero-order valence-corrected chi connectivity index (χ0v) is 7.30. The third kappa shape index (κ3) is 5.52. The van der Waals surface area contributed by atoms with Gasteiger partial charge in [-0.2, -0.15) is 0 Å². The lowest BCUT2D eigenvalue weighted by Crippen LogP contribution is -1.93. The molecular formula is C9H16N2. The van der Waals surface area contributed by atoms with Gasteiger partial charge in [-0.3, -0.25) is 5.41 Å². The lowest BCUT2D eigenvalue weighted by molar-refractivity contribution is 0.837. The Labute approximate surface area is 68.5 Å². The van der Waals surface area contributed by atoms with E-state index in [0.717, 1.165) is 24.9 Å². The average molecular weight is 152 g/mol. The summed E-state index contributed by atoms with van der Waals surface area (Å²) in [5, 5.41) is 6.80. The predicted octanol–water partition coefficient (Wildman–Crippen LogP) is 2.80. The Morgan fingerprint density at radius 3 is 2.73 bits per heavy atom. The highest BCUT2D eigenvalue weighted by Gasteiger charge is 1.90. The third-order valence-electron chi connectivity index (χ3n) is 1.38. The molecule has 0 aromatic carbocycles. The van der Waals surface area contributed by atoms with Gasteiger partial charge in [0.25, 0.3) is 0 Å². The number of aliphatic imine (C=N–C) groups is 1. The molecule has 0 aliphatic heterocycles. The Kier molecular flexibility index (Phi) is 6.59. The molecule has 2 heteroatoms. The molecule has 0 radical (unpaired) electrons. The predicted molar refractivity (Wildman–Crippen MR) is 50.6 cm³/mol. The van der Waals surface area contributed by atoms with E-state index >= 15 is 0 Å². The SMILES string of the molecule is C/C=C\C(CCCC)=NC=N. The van der Waals surface area contributed by atoms with Crippen molar-refractivity contribution in [2.45, 2.75) is 33.1 Å². The normalized spacial score (nSPS) is 12.4. The van der Waals surface area contributed by atoms with Crippen molar-refractivity contribution in [2.75, 3.05) is 0 Å². The molecule has 1 N–H and O–H groups in total. The average Bonchev–Trinajstić information content (AvgIpc) is 2.01. The number of allylic oxidation sites excluding steroid dienone is 2. The largest absolute Gasteiger partial charge is 0.290 e. The fourth-order valence-electron chi connectivity index (χ4n) is 0.824. The van der Waals surface area contributed by atoms with Crippen LogP contribution in [0.4, 0.5) is 0 Å². The van der Waals surface area contributed by atoms with Crippen molar-refractivity contribution in [3.05, 3.63) is 12.2 Å². The minimum Gasteiger partial charge on any atom is -0.290 e. The van der Waals surface area contributed by atoms with E-state index in [9.17, 15) is 0 Å². The van der Waals surface area contributed by atoms with Crippen LogP contribution in [0.3, 0.4) is 0 Å². The summed E-state index contributed by atoms with van der Waals surface area (Å²) in [6, 6.07) is 0. The van der Waals surface area contributed by atoms with Crippen LogP contribution in [0.15, 0.2) is 17.1 Å². The molecule has 62 valence electrons. The van der Waals surface area contributed by atoms with Crippen LogP contribution < -0.4 is 0 Å². The van der Waals surface area contributed by atoms with Crippen molar-refractivity contribution in [3.8, 4) is 0 Å². The monoisotopic (exact) mass is 152 g/mol. The van der Waals surface area contributed by atoms with Gasteiger partial charge < -0.3 is 0 Å². The fraction of sp³-hybridized carbons (Fsp3) is 0.556. The Hall–Kier alpha value is -0.920. The zero-order valence-electron chi connectivity index (χ0n) is 7.30. The van der Waals surface area contributed by atoms with E-state index in [2.05, 4.69) is 11.9 Å². The van der Waals surface area contributed by atoms with Crippen LogP contribution in [0, 0.1) is 5.41 Å². The highest BCUT2D eigenvalue weighted by atomic mass is 14.8. The van der Waals surface area contributed by atoms with Gasteiger partial charge in [-0.1, -0.05) is 19.4 Å². The standard InChI is InChI=1S/C9H16N2/c1-3-5-7-9(6-4-2)11-8-10/h4,6,8,10H,3,5,7H2,1-2H3/b6-4-,10-8?,11-9?. The molecule has 0 amide bonds. The minimum atomic E-state index is 0.982. The van der Waals surface area contributed by atoms with Gasteiger partial charge in [0, 0.05) is 5.71 Å². The molecule has 0 atom stereocenters. The summed E-state index contributed by atoms with van der Waals surface area (Å²) in [7, 11) is 0. The van der Waals surface area contributed by atoms with Gasteiger partial charge in [0.2, 0.25) is 0 Å². The van der Waals surface area contributed by atoms with Crippen molar-refractivity contribution >= 4 is 12.1 Å². The molecule has 0 saturated heterocycles. The van der Waals surface area contributed by atoms with Gasteiger partial charge in [0.15, 0.2) is 0 Å². The molecule has 0 heterocycles. The third-order valence-corrected chi connectivity index (χ3v) is 1.38. The summed E-state index contributed by atoms with van der Waals surface area (Å²) < 4.78 is 0.